The molecule has 0 N–H and O–H groups in total. The van der Waals surface area contributed by atoms with Crippen LogP contribution in [0.15, 0.2) is 77.2 Å². The molecule has 0 unspecified atom stereocenters. The maximum absolute atomic E-state index is 12.9. The lowest BCUT2D eigenvalue weighted by Gasteiger charge is -2.27. The Morgan fingerprint density at radius 1 is 1.11 bits per heavy atom. The fraction of sp³-hybridized carbons (Fsp3) is 0.0952. The van der Waals surface area contributed by atoms with Crippen molar-refractivity contribution in [1.82, 2.24) is 4.90 Å². The maximum Gasteiger partial charge on any atom is 0.267 e. The second-order valence-electron chi connectivity index (χ2n) is 5.98. The molecule has 0 aromatic heterocycles. The summed E-state index contributed by atoms with van der Waals surface area (Å²) in [5, 5.41) is 11.7. The molecule has 1 amide bonds. The maximum atomic E-state index is 12.9. The van der Waals surface area contributed by atoms with Crippen molar-refractivity contribution in [3.63, 3.8) is 0 Å². The van der Waals surface area contributed by atoms with E-state index in [2.05, 4.69) is 0 Å². The Kier molecular flexibility index (Phi) is 5.88. The predicted octanol–water partition coefficient (Wildman–Crippen LogP) is 3.33. The Morgan fingerprint density at radius 2 is 1.70 bits per heavy atom. The molecule has 0 radical (unpaired) electrons. The van der Waals surface area contributed by atoms with Gasteiger partial charge in [0.15, 0.2) is 0 Å². The smallest absolute Gasteiger partial charge is 0.267 e. The molecule has 1 heterocycles. The minimum atomic E-state index is -1.37. The molecule has 6 heteroatoms. The van der Waals surface area contributed by atoms with Gasteiger partial charge in [-0.2, -0.15) is 0 Å². The van der Waals surface area contributed by atoms with Crippen LogP contribution in [-0.4, -0.2) is 21.1 Å². The van der Waals surface area contributed by atoms with Gasteiger partial charge < -0.3 is 9.90 Å². The SMILES string of the molecule is CC(=C\c1ccccc1)/C=C1/SC(=S)N([C@@H](C(=O)[O-])c2ccccc2)C1=O. The molecule has 136 valence electrons. The van der Waals surface area contributed by atoms with E-state index in [0.717, 1.165) is 27.8 Å². The van der Waals surface area contributed by atoms with Gasteiger partial charge in [-0.1, -0.05) is 90.7 Å². The average molecular weight is 394 g/mol. The van der Waals surface area contributed by atoms with Crippen molar-refractivity contribution in [2.75, 3.05) is 0 Å². The van der Waals surface area contributed by atoms with Crippen molar-refractivity contribution >= 4 is 46.3 Å². The number of nitrogens with zero attached hydrogens (tertiary/aromatic N) is 1. The summed E-state index contributed by atoms with van der Waals surface area (Å²) in [4.78, 5) is 26.1. The number of carboxylic acid groups (broad SMARTS) is 1. The number of carboxylic acids is 1. The number of carbonyl (C=O) groups is 2. The minimum absolute atomic E-state index is 0.205. The number of rotatable bonds is 5. The molecule has 2 aromatic carbocycles. The van der Waals surface area contributed by atoms with Gasteiger partial charge >= 0.3 is 0 Å². The Balaban J connectivity index is 1.90. The van der Waals surface area contributed by atoms with Gasteiger partial charge in [-0.05, 0) is 29.7 Å². The first kappa shape index (κ1) is 19.1. The Labute approximate surface area is 167 Å². The van der Waals surface area contributed by atoms with Crippen molar-refractivity contribution in [1.29, 1.82) is 0 Å². The number of hydrogen-bond donors (Lipinski definition) is 0. The summed E-state index contributed by atoms with van der Waals surface area (Å²) >= 11 is 6.39. The minimum Gasteiger partial charge on any atom is -0.547 e. The van der Waals surface area contributed by atoms with Crippen LogP contribution in [0.2, 0.25) is 0 Å². The molecule has 3 rings (SSSR count). The molecular weight excluding hydrogens is 378 g/mol. The zero-order valence-corrected chi connectivity index (χ0v) is 16.1. The van der Waals surface area contributed by atoms with Crippen molar-refractivity contribution in [3.8, 4) is 0 Å². The van der Waals surface area contributed by atoms with Gasteiger partial charge in [-0.25, -0.2) is 0 Å². The number of thioether (sulfide) groups is 1. The van der Waals surface area contributed by atoms with E-state index in [4.69, 9.17) is 12.2 Å². The largest absolute Gasteiger partial charge is 0.547 e. The van der Waals surface area contributed by atoms with Crippen LogP contribution < -0.4 is 5.11 Å². The van der Waals surface area contributed by atoms with Crippen molar-refractivity contribution in [2.24, 2.45) is 0 Å². The molecular formula is C21H16NO3S2-. The van der Waals surface area contributed by atoms with Gasteiger partial charge in [0, 0.05) is 0 Å². The molecule has 0 bridgehead atoms. The first-order valence-corrected chi connectivity index (χ1v) is 9.46. The van der Waals surface area contributed by atoms with Crippen LogP contribution >= 0.6 is 24.0 Å². The van der Waals surface area contributed by atoms with Crippen molar-refractivity contribution in [3.05, 3.63) is 88.3 Å². The predicted molar refractivity (Wildman–Crippen MR) is 109 cm³/mol. The lowest BCUT2D eigenvalue weighted by atomic mass is 10.1. The summed E-state index contributed by atoms with van der Waals surface area (Å²) in [6.45, 7) is 1.88. The van der Waals surface area contributed by atoms with Gasteiger partial charge in [-0.15, -0.1) is 0 Å². The van der Waals surface area contributed by atoms with E-state index in [9.17, 15) is 14.7 Å². The first-order valence-electron chi connectivity index (χ1n) is 8.23. The molecule has 1 saturated heterocycles. The molecule has 1 aliphatic rings. The van der Waals surface area contributed by atoms with Crippen LogP contribution in [0.4, 0.5) is 0 Å². The van der Waals surface area contributed by atoms with E-state index in [1.807, 2.05) is 43.3 Å². The van der Waals surface area contributed by atoms with Crippen LogP contribution in [-0.2, 0) is 9.59 Å². The van der Waals surface area contributed by atoms with Crippen LogP contribution in [0.25, 0.3) is 6.08 Å². The highest BCUT2D eigenvalue weighted by Gasteiger charge is 2.38. The summed E-state index contributed by atoms with van der Waals surface area (Å²) in [6, 6.07) is 17.0. The summed E-state index contributed by atoms with van der Waals surface area (Å²) in [5.41, 5.74) is 2.33. The van der Waals surface area contributed by atoms with Crippen LogP contribution in [0.5, 0.6) is 0 Å². The van der Waals surface area contributed by atoms with E-state index in [0.29, 0.717) is 10.5 Å². The number of carbonyl (C=O) groups excluding carboxylic acids is 2. The highest BCUT2D eigenvalue weighted by Crippen LogP contribution is 2.37. The summed E-state index contributed by atoms with van der Waals surface area (Å²) < 4.78 is 0.205. The second-order valence-corrected chi connectivity index (χ2v) is 7.66. The van der Waals surface area contributed by atoms with Gasteiger partial charge in [-0.3, -0.25) is 9.69 Å². The third kappa shape index (κ3) is 4.35. The monoisotopic (exact) mass is 394 g/mol. The van der Waals surface area contributed by atoms with E-state index >= 15 is 0 Å². The van der Waals surface area contributed by atoms with Gasteiger partial charge in [0.2, 0.25) is 0 Å². The number of benzene rings is 2. The fourth-order valence-electron chi connectivity index (χ4n) is 2.79. The van der Waals surface area contributed by atoms with Gasteiger partial charge in [0.05, 0.1) is 10.9 Å². The Bertz CT molecular complexity index is 936. The molecule has 1 atom stereocenters. The third-order valence-corrected chi connectivity index (χ3v) is 5.30. The molecule has 27 heavy (non-hydrogen) atoms. The normalized spacial score (nSPS) is 17.4. The fourth-order valence-corrected chi connectivity index (χ4v) is 4.15. The van der Waals surface area contributed by atoms with E-state index in [1.54, 1.807) is 36.4 Å². The van der Waals surface area contributed by atoms with Crippen LogP contribution in [0.1, 0.15) is 24.1 Å². The highest BCUT2D eigenvalue weighted by atomic mass is 32.2. The third-order valence-electron chi connectivity index (χ3n) is 3.97. The van der Waals surface area contributed by atoms with Gasteiger partial charge in [0.25, 0.3) is 5.91 Å². The van der Waals surface area contributed by atoms with Gasteiger partial charge in [0.1, 0.15) is 10.4 Å². The summed E-state index contributed by atoms with van der Waals surface area (Å²) in [6.07, 6.45) is 3.67. The average Bonchev–Trinajstić information content (AvgIpc) is 2.91. The zero-order chi connectivity index (χ0) is 19.4. The van der Waals surface area contributed by atoms with E-state index in [-0.39, 0.29) is 4.32 Å². The summed E-state index contributed by atoms with van der Waals surface area (Å²) in [7, 11) is 0. The standard InChI is InChI=1S/C21H17NO3S2/c1-14(12-15-8-4-2-5-9-15)13-17-19(23)22(21(26)27-17)18(20(24)25)16-10-6-3-7-11-16/h2-13,18H,1H3,(H,24,25)/p-1/b14-12+,17-13+/t18-/m1/s1. The molecule has 1 fully saturated rings. The lowest BCUT2D eigenvalue weighted by Crippen LogP contribution is -2.43. The van der Waals surface area contributed by atoms with E-state index in [1.165, 1.54) is 0 Å². The Hall–Kier alpha value is -2.70. The topological polar surface area (TPSA) is 60.4 Å². The summed E-state index contributed by atoms with van der Waals surface area (Å²) in [5.74, 6) is -1.79. The van der Waals surface area contributed by atoms with Crippen molar-refractivity contribution < 1.29 is 14.7 Å². The molecule has 0 saturated carbocycles. The number of allylic oxidation sites excluding steroid dienone is 2. The second kappa shape index (κ2) is 8.33. The molecule has 0 aliphatic carbocycles. The number of hydrogen-bond acceptors (Lipinski definition) is 5. The lowest BCUT2D eigenvalue weighted by molar-refractivity contribution is -0.310. The van der Waals surface area contributed by atoms with Crippen LogP contribution in [0, 0.1) is 0 Å². The van der Waals surface area contributed by atoms with Crippen LogP contribution in [0.3, 0.4) is 0 Å². The molecule has 0 spiro atoms. The quantitative estimate of drug-likeness (QED) is 0.575. The highest BCUT2D eigenvalue weighted by molar-refractivity contribution is 8.26. The Morgan fingerprint density at radius 3 is 2.30 bits per heavy atom. The van der Waals surface area contributed by atoms with Crippen molar-refractivity contribution in [2.45, 2.75) is 13.0 Å². The molecule has 1 aliphatic heterocycles. The molecule has 4 nitrogen and oxygen atoms in total. The number of amides is 1. The number of aliphatic carboxylic acids is 1. The number of thiocarbonyl (C=S) groups is 1. The van der Waals surface area contributed by atoms with E-state index < -0.39 is 17.9 Å². The molecule has 2 aromatic rings. The zero-order valence-electron chi connectivity index (χ0n) is 14.5. The first-order chi connectivity index (χ1) is 13.0.